The van der Waals surface area contributed by atoms with E-state index in [1.807, 2.05) is 0 Å². The quantitative estimate of drug-likeness (QED) is 0.275. The summed E-state index contributed by atoms with van der Waals surface area (Å²) in [6, 6.07) is 12.4. The summed E-state index contributed by atoms with van der Waals surface area (Å²) in [6.45, 7) is 4.58. The number of aryl methyl sites for hydroxylation is 1. The van der Waals surface area contributed by atoms with Gasteiger partial charge in [0.2, 0.25) is 0 Å². The van der Waals surface area contributed by atoms with E-state index in [4.69, 9.17) is 0 Å². The molecule has 184 valence electrons. The Bertz CT molecular complexity index is 667. The number of nitriles is 1. The van der Waals surface area contributed by atoms with Crippen molar-refractivity contribution in [3.05, 3.63) is 35.4 Å². The van der Waals surface area contributed by atoms with Crippen LogP contribution in [0.2, 0.25) is 0 Å². The first-order valence-electron chi connectivity index (χ1n) is 14.7. The van der Waals surface area contributed by atoms with E-state index in [1.54, 1.807) is 5.56 Å². The molecule has 2 aliphatic rings. The molecule has 0 spiro atoms. The van der Waals surface area contributed by atoms with Crippen LogP contribution in [0.4, 0.5) is 0 Å². The van der Waals surface area contributed by atoms with Gasteiger partial charge in [0.15, 0.2) is 0 Å². The summed E-state index contributed by atoms with van der Waals surface area (Å²) in [6.07, 6.45) is 24.1. The van der Waals surface area contributed by atoms with E-state index >= 15 is 0 Å². The lowest BCUT2D eigenvalue weighted by Crippen LogP contribution is -2.24. The van der Waals surface area contributed by atoms with Crippen LogP contribution in [0, 0.1) is 35.0 Å². The first-order chi connectivity index (χ1) is 16.2. The molecule has 0 radical (unpaired) electrons. The zero-order valence-corrected chi connectivity index (χ0v) is 21.9. The van der Waals surface area contributed by atoms with Gasteiger partial charge in [0.1, 0.15) is 0 Å². The normalized spacial score (nSPS) is 26.6. The predicted molar refractivity (Wildman–Crippen MR) is 142 cm³/mol. The molecule has 3 rings (SSSR count). The van der Waals surface area contributed by atoms with Gasteiger partial charge in [-0.25, -0.2) is 0 Å². The minimum absolute atomic E-state index is 0.315. The molecule has 1 aromatic carbocycles. The van der Waals surface area contributed by atoms with Crippen molar-refractivity contribution in [1.29, 1.82) is 5.26 Å². The van der Waals surface area contributed by atoms with Crippen molar-refractivity contribution in [2.75, 3.05) is 0 Å². The van der Waals surface area contributed by atoms with Crippen LogP contribution in [-0.2, 0) is 6.42 Å². The van der Waals surface area contributed by atoms with Gasteiger partial charge < -0.3 is 0 Å². The van der Waals surface area contributed by atoms with Crippen molar-refractivity contribution < 1.29 is 0 Å². The minimum Gasteiger partial charge on any atom is -0.198 e. The third-order valence-electron chi connectivity index (χ3n) is 9.05. The molecule has 0 N–H and O–H groups in total. The van der Waals surface area contributed by atoms with Gasteiger partial charge in [0.25, 0.3) is 0 Å². The smallest absolute Gasteiger partial charge is 0.0658 e. The molecule has 1 heteroatoms. The predicted octanol–water partition coefficient (Wildman–Crippen LogP) is 10.00. The highest BCUT2D eigenvalue weighted by molar-refractivity contribution is 5.26. The third kappa shape index (κ3) is 8.77. The van der Waals surface area contributed by atoms with Crippen LogP contribution in [0.3, 0.4) is 0 Å². The van der Waals surface area contributed by atoms with E-state index in [0.29, 0.717) is 11.8 Å². The topological polar surface area (TPSA) is 23.8 Å². The molecule has 2 fully saturated rings. The van der Waals surface area contributed by atoms with Crippen LogP contribution >= 0.6 is 0 Å². The highest BCUT2D eigenvalue weighted by atomic mass is 14.4. The summed E-state index contributed by atoms with van der Waals surface area (Å²) in [5, 5.41) is 9.95. The summed E-state index contributed by atoms with van der Waals surface area (Å²) in [5.74, 6) is 3.47. The number of hydrogen-bond donors (Lipinski definition) is 0. The van der Waals surface area contributed by atoms with Crippen LogP contribution in [-0.4, -0.2) is 0 Å². The van der Waals surface area contributed by atoms with Gasteiger partial charge in [-0.1, -0.05) is 95.9 Å². The molecule has 0 saturated heterocycles. The first kappa shape index (κ1) is 26.3. The minimum atomic E-state index is 0.315. The number of hydrogen-bond acceptors (Lipinski definition) is 1. The molecular formula is C32H51N. The standard InChI is InChI=1S/C32H51N/c1-3-5-7-9-11-27-12-18-29(19-13-27)30-22-16-28(17-23-30)24-32(25-33)31-20-14-26(15-21-31)10-8-6-4-2/h12-13,18-19,26,28,30-32H,3-11,14-17,20-24H2,1-2H3. The van der Waals surface area contributed by atoms with Gasteiger partial charge in [0, 0.05) is 5.92 Å². The number of nitrogens with zero attached hydrogens (tertiary/aromatic N) is 1. The first-order valence-corrected chi connectivity index (χ1v) is 14.7. The van der Waals surface area contributed by atoms with Crippen molar-refractivity contribution >= 4 is 0 Å². The number of rotatable bonds is 13. The third-order valence-corrected chi connectivity index (χ3v) is 9.05. The molecule has 0 amide bonds. The van der Waals surface area contributed by atoms with Gasteiger partial charge in [-0.15, -0.1) is 0 Å². The van der Waals surface area contributed by atoms with Gasteiger partial charge in [-0.05, 0) is 92.6 Å². The van der Waals surface area contributed by atoms with Crippen molar-refractivity contribution in [2.24, 2.45) is 23.7 Å². The van der Waals surface area contributed by atoms with E-state index in [2.05, 4.69) is 44.2 Å². The van der Waals surface area contributed by atoms with Gasteiger partial charge >= 0.3 is 0 Å². The molecular weight excluding hydrogens is 398 g/mol. The molecule has 2 saturated carbocycles. The van der Waals surface area contributed by atoms with Crippen molar-refractivity contribution in [1.82, 2.24) is 0 Å². The van der Waals surface area contributed by atoms with Crippen molar-refractivity contribution in [3.63, 3.8) is 0 Å². The van der Waals surface area contributed by atoms with E-state index in [9.17, 15) is 5.26 Å². The second-order valence-corrected chi connectivity index (χ2v) is 11.5. The molecule has 1 atom stereocenters. The highest BCUT2D eigenvalue weighted by Crippen LogP contribution is 2.42. The lowest BCUT2D eigenvalue weighted by Gasteiger charge is -2.34. The largest absolute Gasteiger partial charge is 0.198 e. The van der Waals surface area contributed by atoms with Gasteiger partial charge in [-0.2, -0.15) is 5.26 Å². The summed E-state index contributed by atoms with van der Waals surface area (Å²) in [7, 11) is 0. The molecule has 0 aromatic heterocycles. The Kier molecular flexibility index (Phi) is 11.9. The SMILES string of the molecule is CCCCCCc1ccc(C2CCC(CC(C#N)C3CCC(CCCCC)CC3)CC2)cc1. The van der Waals surface area contributed by atoms with E-state index in [0.717, 1.165) is 17.8 Å². The Balaban J connectivity index is 1.37. The lowest BCUT2D eigenvalue weighted by atomic mass is 9.70. The van der Waals surface area contributed by atoms with Crippen LogP contribution in [0.5, 0.6) is 0 Å². The average molecular weight is 450 g/mol. The van der Waals surface area contributed by atoms with Gasteiger partial charge in [0.05, 0.1) is 6.07 Å². The molecule has 33 heavy (non-hydrogen) atoms. The molecule has 1 aromatic rings. The average Bonchev–Trinajstić information content (AvgIpc) is 2.87. The van der Waals surface area contributed by atoms with Crippen molar-refractivity contribution in [2.45, 2.75) is 135 Å². The molecule has 1 nitrogen and oxygen atoms in total. The maximum Gasteiger partial charge on any atom is 0.0658 e. The fraction of sp³-hybridized carbons (Fsp3) is 0.781. The fourth-order valence-electron chi connectivity index (χ4n) is 6.72. The molecule has 0 bridgehead atoms. The van der Waals surface area contributed by atoms with Crippen molar-refractivity contribution in [3.8, 4) is 6.07 Å². The maximum atomic E-state index is 9.95. The Morgan fingerprint density at radius 3 is 2.03 bits per heavy atom. The molecule has 1 unspecified atom stereocenters. The summed E-state index contributed by atoms with van der Waals surface area (Å²) in [5.41, 5.74) is 3.07. The Labute approximate surface area is 205 Å². The zero-order chi connectivity index (χ0) is 23.3. The lowest BCUT2D eigenvalue weighted by molar-refractivity contribution is 0.187. The second kappa shape index (κ2) is 14.9. The van der Waals surface area contributed by atoms with Crippen LogP contribution in [0.15, 0.2) is 24.3 Å². The second-order valence-electron chi connectivity index (χ2n) is 11.5. The highest BCUT2D eigenvalue weighted by Gasteiger charge is 2.31. The van der Waals surface area contributed by atoms with E-state index in [1.165, 1.54) is 121 Å². The molecule has 0 heterocycles. The van der Waals surface area contributed by atoms with Crippen LogP contribution < -0.4 is 0 Å². The maximum absolute atomic E-state index is 9.95. The molecule has 2 aliphatic carbocycles. The van der Waals surface area contributed by atoms with E-state index < -0.39 is 0 Å². The monoisotopic (exact) mass is 449 g/mol. The Morgan fingerprint density at radius 1 is 0.758 bits per heavy atom. The fourth-order valence-corrected chi connectivity index (χ4v) is 6.72. The summed E-state index contributed by atoms with van der Waals surface area (Å²) in [4.78, 5) is 0. The van der Waals surface area contributed by atoms with Crippen LogP contribution in [0.1, 0.15) is 140 Å². The summed E-state index contributed by atoms with van der Waals surface area (Å²) < 4.78 is 0. The zero-order valence-electron chi connectivity index (χ0n) is 21.9. The Morgan fingerprint density at radius 2 is 1.39 bits per heavy atom. The molecule has 0 aliphatic heterocycles. The van der Waals surface area contributed by atoms with Crippen LogP contribution in [0.25, 0.3) is 0 Å². The number of unbranched alkanes of at least 4 members (excludes halogenated alkanes) is 5. The number of benzene rings is 1. The summed E-state index contributed by atoms with van der Waals surface area (Å²) >= 11 is 0. The van der Waals surface area contributed by atoms with E-state index in [-0.39, 0.29) is 0 Å². The van der Waals surface area contributed by atoms with Gasteiger partial charge in [-0.3, -0.25) is 0 Å². The Hall–Kier alpha value is -1.29.